The van der Waals surface area contributed by atoms with Crippen molar-refractivity contribution in [3.63, 3.8) is 0 Å². The predicted molar refractivity (Wildman–Crippen MR) is 84.9 cm³/mol. The standard InChI is InChI=1S/C16H24O12/c17-3-7(19)9-14(26-5-6-13(23)25-2-1-16(6,9)24)28-15-12(22)11(21)10(20)8(4-18)27-15/h5,7-12,14-15,17-22,24H,1-4H2. The molecule has 3 aliphatic heterocycles. The van der Waals surface area contributed by atoms with Crippen LogP contribution in [0.1, 0.15) is 6.42 Å². The molecule has 3 rings (SSSR count). The Morgan fingerprint density at radius 2 is 1.89 bits per heavy atom. The van der Waals surface area contributed by atoms with Crippen molar-refractivity contribution in [2.75, 3.05) is 19.8 Å². The lowest BCUT2D eigenvalue weighted by Crippen LogP contribution is -2.63. The number of hydrogen-bond donors (Lipinski definition) is 7. The number of fused-ring (bicyclic) bond motifs is 1. The molecule has 0 bridgehead atoms. The summed E-state index contributed by atoms with van der Waals surface area (Å²) in [4.78, 5) is 11.9. The second-order valence-electron chi connectivity index (χ2n) is 6.96. The molecule has 3 aliphatic rings. The Labute approximate surface area is 159 Å². The zero-order valence-electron chi connectivity index (χ0n) is 14.7. The molecule has 12 nitrogen and oxygen atoms in total. The van der Waals surface area contributed by atoms with E-state index in [-0.39, 0.29) is 18.6 Å². The molecule has 0 aromatic heterocycles. The molecule has 12 heteroatoms. The molecule has 0 saturated carbocycles. The third kappa shape index (κ3) is 3.51. The number of aliphatic hydroxyl groups excluding tert-OH is 6. The normalized spacial score (nSPS) is 44.8. The Hall–Kier alpha value is -1.35. The van der Waals surface area contributed by atoms with Gasteiger partial charge in [0.25, 0.3) is 0 Å². The van der Waals surface area contributed by atoms with E-state index in [2.05, 4.69) is 0 Å². The lowest BCUT2D eigenvalue weighted by Gasteiger charge is -2.48. The molecular weight excluding hydrogens is 384 g/mol. The summed E-state index contributed by atoms with van der Waals surface area (Å²) in [7, 11) is 0. The molecule has 2 saturated heterocycles. The molecule has 0 spiro atoms. The number of ether oxygens (including phenoxy) is 4. The zero-order chi connectivity index (χ0) is 20.6. The number of cyclic esters (lactones) is 1. The van der Waals surface area contributed by atoms with Crippen molar-refractivity contribution >= 4 is 5.97 Å². The molecule has 9 atom stereocenters. The number of hydrogen-bond acceptors (Lipinski definition) is 12. The highest BCUT2D eigenvalue weighted by molar-refractivity contribution is 5.91. The van der Waals surface area contributed by atoms with Crippen LogP contribution in [0.4, 0.5) is 0 Å². The molecule has 160 valence electrons. The van der Waals surface area contributed by atoms with Gasteiger partial charge < -0.3 is 54.7 Å². The molecule has 0 aliphatic carbocycles. The fourth-order valence-corrected chi connectivity index (χ4v) is 3.67. The van der Waals surface area contributed by atoms with Gasteiger partial charge >= 0.3 is 5.97 Å². The van der Waals surface area contributed by atoms with Crippen LogP contribution in [0.2, 0.25) is 0 Å². The van der Waals surface area contributed by atoms with Crippen LogP contribution in [-0.2, 0) is 23.7 Å². The minimum absolute atomic E-state index is 0.107. The molecule has 9 unspecified atom stereocenters. The molecule has 7 N–H and O–H groups in total. The zero-order valence-corrected chi connectivity index (χ0v) is 14.7. The van der Waals surface area contributed by atoms with Crippen molar-refractivity contribution in [2.24, 2.45) is 5.92 Å². The quantitative estimate of drug-likeness (QED) is 0.217. The molecule has 2 fully saturated rings. The van der Waals surface area contributed by atoms with Crippen LogP contribution < -0.4 is 0 Å². The summed E-state index contributed by atoms with van der Waals surface area (Å²) in [6, 6.07) is 0. The van der Waals surface area contributed by atoms with E-state index in [4.69, 9.17) is 18.9 Å². The van der Waals surface area contributed by atoms with Crippen molar-refractivity contribution < 1.29 is 59.5 Å². The summed E-state index contributed by atoms with van der Waals surface area (Å²) in [6.45, 7) is -1.62. The van der Waals surface area contributed by atoms with Crippen LogP contribution in [0.15, 0.2) is 11.8 Å². The number of rotatable bonds is 5. The average molecular weight is 408 g/mol. The predicted octanol–water partition coefficient (Wildman–Crippen LogP) is -4.31. The van der Waals surface area contributed by atoms with E-state index in [1.807, 2.05) is 0 Å². The van der Waals surface area contributed by atoms with Gasteiger partial charge in [0.2, 0.25) is 6.29 Å². The largest absolute Gasteiger partial charge is 0.471 e. The first-order chi connectivity index (χ1) is 13.2. The fourth-order valence-electron chi connectivity index (χ4n) is 3.67. The molecule has 28 heavy (non-hydrogen) atoms. The first-order valence-corrected chi connectivity index (χ1v) is 8.75. The maximum atomic E-state index is 11.9. The summed E-state index contributed by atoms with van der Waals surface area (Å²) >= 11 is 0. The van der Waals surface area contributed by atoms with Gasteiger partial charge in [-0.05, 0) is 0 Å². The lowest BCUT2D eigenvalue weighted by atomic mass is 9.73. The van der Waals surface area contributed by atoms with Crippen LogP contribution >= 0.6 is 0 Å². The Balaban J connectivity index is 1.87. The van der Waals surface area contributed by atoms with Crippen molar-refractivity contribution in [3.8, 4) is 0 Å². The van der Waals surface area contributed by atoms with E-state index in [0.29, 0.717) is 0 Å². The molecule has 0 aromatic rings. The van der Waals surface area contributed by atoms with E-state index >= 15 is 0 Å². The van der Waals surface area contributed by atoms with Crippen LogP contribution in [-0.4, -0.2) is 110 Å². The van der Waals surface area contributed by atoms with Crippen LogP contribution in [0, 0.1) is 5.92 Å². The van der Waals surface area contributed by atoms with Gasteiger partial charge in [-0.3, -0.25) is 0 Å². The second-order valence-corrected chi connectivity index (χ2v) is 6.96. The topological polar surface area (TPSA) is 196 Å². The minimum Gasteiger partial charge on any atom is -0.471 e. The maximum absolute atomic E-state index is 11.9. The van der Waals surface area contributed by atoms with Gasteiger partial charge in [0.15, 0.2) is 6.29 Å². The number of esters is 1. The van der Waals surface area contributed by atoms with E-state index in [1.54, 1.807) is 0 Å². The SMILES string of the molecule is O=C1OCCC2(O)C1=COC(OC1OC(CO)C(O)C(O)C1O)C2C(O)CO. The smallest absolute Gasteiger partial charge is 0.340 e. The average Bonchev–Trinajstić information content (AvgIpc) is 2.67. The Kier molecular flexibility index (Phi) is 6.24. The molecule has 3 heterocycles. The van der Waals surface area contributed by atoms with Gasteiger partial charge in [-0.2, -0.15) is 0 Å². The van der Waals surface area contributed by atoms with Crippen LogP contribution in [0.3, 0.4) is 0 Å². The highest BCUT2D eigenvalue weighted by atomic mass is 16.8. The summed E-state index contributed by atoms with van der Waals surface area (Å²) in [5, 5.41) is 69.8. The van der Waals surface area contributed by atoms with E-state index in [1.165, 1.54) is 0 Å². The number of carbonyl (C=O) groups excluding carboxylic acids is 1. The highest BCUT2D eigenvalue weighted by Gasteiger charge is 2.57. The van der Waals surface area contributed by atoms with Gasteiger partial charge in [0, 0.05) is 6.42 Å². The molecule has 0 radical (unpaired) electrons. The molecule has 0 aromatic carbocycles. The van der Waals surface area contributed by atoms with E-state index in [0.717, 1.165) is 6.26 Å². The summed E-state index contributed by atoms with van der Waals surface area (Å²) in [5.41, 5.74) is -2.21. The molecular formula is C16H24O12. The Morgan fingerprint density at radius 1 is 1.18 bits per heavy atom. The monoisotopic (exact) mass is 408 g/mol. The first kappa shape index (κ1) is 21.4. The number of carbonyl (C=O) groups is 1. The van der Waals surface area contributed by atoms with Crippen molar-refractivity contribution in [1.29, 1.82) is 0 Å². The highest BCUT2D eigenvalue weighted by Crippen LogP contribution is 2.43. The Morgan fingerprint density at radius 3 is 2.54 bits per heavy atom. The van der Waals surface area contributed by atoms with Crippen LogP contribution in [0.5, 0.6) is 0 Å². The van der Waals surface area contributed by atoms with Gasteiger partial charge in [0.1, 0.15) is 35.6 Å². The summed E-state index contributed by atoms with van der Waals surface area (Å²) in [6.07, 6.45) is -10.2. The minimum atomic E-state index is -1.95. The fraction of sp³-hybridized carbons (Fsp3) is 0.812. The van der Waals surface area contributed by atoms with E-state index < -0.39 is 73.8 Å². The lowest BCUT2D eigenvalue weighted by molar-refractivity contribution is -0.352. The summed E-state index contributed by atoms with van der Waals surface area (Å²) in [5.74, 6) is -2.23. The van der Waals surface area contributed by atoms with Gasteiger partial charge in [-0.15, -0.1) is 0 Å². The van der Waals surface area contributed by atoms with Crippen molar-refractivity contribution in [2.45, 2.75) is 55.1 Å². The first-order valence-electron chi connectivity index (χ1n) is 8.75. The van der Waals surface area contributed by atoms with Crippen LogP contribution in [0.25, 0.3) is 0 Å². The van der Waals surface area contributed by atoms with E-state index in [9.17, 15) is 40.5 Å². The second kappa shape index (κ2) is 8.18. The number of aliphatic hydroxyl groups is 7. The third-order valence-electron chi connectivity index (χ3n) is 5.29. The van der Waals surface area contributed by atoms with Gasteiger partial charge in [-0.25, -0.2) is 4.79 Å². The van der Waals surface area contributed by atoms with Gasteiger partial charge in [0.05, 0.1) is 38.1 Å². The van der Waals surface area contributed by atoms with Gasteiger partial charge in [-0.1, -0.05) is 0 Å². The van der Waals surface area contributed by atoms with Crippen molar-refractivity contribution in [3.05, 3.63) is 11.8 Å². The third-order valence-corrected chi connectivity index (χ3v) is 5.29. The summed E-state index contributed by atoms with van der Waals surface area (Å²) < 4.78 is 20.8. The maximum Gasteiger partial charge on any atom is 0.340 e. The van der Waals surface area contributed by atoms with Crippen molar-refractivity contribution in [1.82, 2.24) is 0 Å². The molecule has 0 amide bonds. The Bertz CT molecular complexity index is 608.